The van der Waals surface area contributed by atoms with Gasteiger partial charge in [-0.05, 0) is 18.4 Å². The van der Waals surface area contributed by atoms with E-state index in [1.807, 2.05) is 18.5 Å². The first-order chi connectivity index (χ1) is 8.33. The molecule has 1 unspecified atom stereocenters. The number of methoxy groups -OCH3 is 1. The van der Waals surface area contributed by atoms with Gasteiger partial charge < -0.3 is 4.74 Å². The van der Waals surface area contributed by atoms with E-state index >= 15 is 0 Å². The first kappa shape index (κ1) is 14.2. The molecule has 0 fully saturated rings. The summed E-state index contributed by atoms with van der Waals surface area (Å²) >= 11 is 0. The Bertz CT molecular complexity index is 272. The lowest BCUT2D eigenvalue weighted by Crippen LogP contribution is -2.24. The molecule has 0 aromatic carbocycles. The van der Waals surface area contributed by atoms with Gasteiger partial charge in [-0.1, -0.05) is 39.5 Å². The van der Waals surface area contributed by atoms with Gasteiger partial charge in [0.05, 0.1) is 12.6 Å². The van der Waals surface area contributed by atoms with Gasteiger partial charge in [0.2, 0.25) is 0 Å². The molecule has 3 heteroatoms. The monoisotopic (exact) mass is 238 g/mol. The lowest BCUT2D eigenvalue weighted by Gasteiger charge is -2.26. The van der Waals surface area contributed by atoms with Gasteiger partial charge in [0, 0.05) is 19.5 Å². The Morgan fingerprint density at radius 1 is 1.29 bits per heavy atom. The molecule has 0 radical (unpaired) electrons. The SMILES string of the molecule is CCCCCC(CC)[C@H](COC)n1cccn1. The minimum atomic E-state index is 0.386. The average molecular weight is 238 g/mol. The van der Waals surface area contributed by atoms with Crippen LogP contribution in [0.4, 0.5) is 0 Å². The average Bonchev–Trinajstić information content (AvgIpc) is 2.86. The molecule has 1 aromatic rings. The number of unbranched alkanes of at least 4 members (excludes halogenated alkanes) is 2. The van der Waals surface area contributed by atoms with Gasteiger partial charge in [-0.3, -0.25) is 4.68 Å². The normalized spacial score (nSPS) is 14.8. The largest absolute Gasteiger partial charge is 0.382 e. The zero-order chi connectivity index (χ0) is 12.5. The molecular weight excluding hydrogens is 212 g/mol. The van der Waals surface area contributed by atoms with E-state index in [0.717, 1.165) is 6.61 Å². The number of ether oxygens (including phenoxy) is 1. The van der Waals surface area contributed by atoms with Gasteiger partial charge in [0.15, 0.2) is 0 Å². The molecular formula is C14H26N2O. The third kappa shape index (κ3) is 4.50. The third-order valence-electron chi connectivity index (χ3n) is 3.45. The molecule has 98 valence electrons. The molecule has 0 N–H and O–H groups in total. The van der Waals surface area contributed by atoms with Crippen molar-refractivity contribution in [1.82, 2.24) is 9.78 Å². The van der Waals surface area contributed by atoms with Crippen LogP contribution in [0.5, 0.6) is 0 Å². The van der Waals surface area contributed by atoms with Crippen LogP contribution in [0.2, 0.25) is 0 Å². The molecule has 0 spiro atoms. The van der Waals surface area contributed by atoms with E-state index in [1.54, 1.807) is 7.11 Å². The second-order valence-corrected chi connectivity index (χ2v) is 4.67. The van der Waals surface area contributed by atoms with Crippen molar-refractivity contribution in [2.45, 2.75) is 52.0 Å². The highest BCUT2D eigenvalue weighted by molar-refractivity contribution is 4.84. The molecule has 0 aliphatic rings. The van der Waals surface area contributed by atoms with Crippen LogP contribution in [0.1, 0.15) is 52.0 Å². The molecule has 1 aromatic heterocycles. The summed E-state index contributed by atoms with van der Waals surface area (Å²) in [5, 5.41) is 4.37. The standard InChI is InChI=1S/C14H26N2O/c1-4-6-7-9-13(5-2)14(12-17-3)16-11-8-10-15-16/h8,10-11,13-14H,4-7,9,12H2,1-3H3/t13?,14-/m0/s1. The van der Waals surface area contributed by atoms with Crippen molar-refractivity contribution in [1.29, 1.82) is 0 Å². The van der Waals surface area contributed by atoms with E-state index in [4.69, 9.17) is 4.74 Å². The van der Waals surface area contributed by atoms with Crippen LogP contribution in [0.25, 0.3) is 0 Å². The minimum Gasteiger partial charge on any atom is -0.382 e. The molecule has 0 bridgehead atoms. The summed E-state index contributed by atoms with van der Waals surface area (Å²) in [4.78, 5) is 0. The van der Waals surface area contributed by atoms with Crippen molar-refractivity contribution in [3.05, 3.63) is 18.5 Å². The molecule has 1 rings (SSSR count). The fraction of sp³-hybridized carbons (Fsp3) is 0.786. The van der Waals surface area contributed by atoms with Gasteiger partial charge in [0.25, 0.3) is 0 Å². The Morgan fingerprint density at radius 3 is 2.65 bits per heavy atom. The van der Waals surface area contributed by atoms with E-state index in [-0.39, 0.29) is 0 Å². The number of nitrogens with zero attached hydrogens (tertiary/aromatic N) is 2. The molecule has 0 aliphatic heterocycles. The van der Waals surface area contributed by atoms with E-state index in [0.29, 0.717) is 12.0 Å². The third-order valence-corrected chi connectivity index (χ3v) is 3.45. The summed E-state index contributed by atoms with van der Waals surface area (Å²) in [7, 11) is 1.77. The van der Waals surface area contributed by atoms with Crippen molar-refractivity contribution >= 4 is 0 Å². The van der Waals surface area contributed by atoms with Gasteiger partial charge in [0.1, 0.15) is 0 Å². The quantitative estimate of drug-likeness (QED) is 0.614. The Kier molecular flexibility index (Phi) is 6.94. The van der Waals surface area contributed by atoms with Gasteiger partial charge >= 0.3 is 0 Å². The van der Waals surface area contributed by atoms with Crippen molar-refractivity contribution in [3.8, 4) is 0 Å². The van der Waals surface area contributed by atoms with Crippen molar-refractivity contribution in [2.24, 2.45) is 5.92 Å². The highest BCUT2D eigenvalue weighted by Crippen LogP contribution is 2.26. The predicted molar refractivity (Wildman–Crippen MR) is 71.1 cm³/mol. The molecule has 1 heterocycles. The smallest absolute Gasteiger partial charge is 0.0780 e. The fourth-order valence-electron chi connectivity index (χ4n) is 2.40. The Hall–Kier alpha value is -0.830. The number of rotatable bonds is 9. The molecule has 0 saturated carbocycles. The van der Waals surface area contributed by atoms with Crippen LogP contribution < -0.4 is 0 Å². The molecule has 0 aliphatic carbocycles. The topological polar surface area (TPSA) is 27.1 Å². The van der Waals surface area contributed by atoms with Gasteiger partial charge in [-0.15, -0.1) is 0 Å². The first-order valence-corrected chi connectivity index (χ1v) is 6.81. The summed E-state index contributed by atoms with van der Waals surface area (Å²) in [6.07, 6.45) is 10.3. The van der Waals surface area contributed by atoms with Crippen LogP contribution in [0.3, 0.4) is 0 Å². The van der Waals surface area contributed by atoms with E-state index < -0.39 is 0 Å². The maximum absolute atomic E-state index is 5.36. The van der Waals surface area contributed by atoms with Crippen LogP contribution in [-0.4, -0.2) is 23.5 Å². The summed E-state index contributed by atoms with van der Waals surface area (Å²) in [5.41, 5.74) is 0. The molecule has 0 saturated heterocycles. The van der Waals surface area contributed by atoms with E-state index in [2.05, 4.69) is 23.6 Å². The predicted octanol–water partition coefficient (Wildman–Crippen LogP) is 3.68. The zero-order valence-electron chi connectivity index (χ0n) is 11.4. The Morgan fingerprint density at radius 2 is 2.12 bits per heavy atom. The van der Waals surface area contributed by atoms with Crippen LogP contribution in [0.15, 0.2) is 18.5 Å². The zero-order valence-corrected chi connectivity index (χ0v) is 11.4. The number of aromatic nitrogens is 2. The lowest BCUT2D eigenvalue weighted by molar-refractivity contribution is 0.111. The highest BCUT2D eigenvalue weighted by Gasteiger charge is 2.21. The maximum atomic E-state index is 5.36. The first-order valence-electron chi connectivity index (χ1n) is 6.81. The Balaban J connectivity index is 2.59. The number of hydrogen-bond acceptors (Lipinski definition) is 2. The highest BCUT2D eigenvalue weighted by atomic mass is 16.5. The van der Waals surface area contributed by atoms with E-state index in [9.17, 15) is 0 Å². The lowest BCUT2D eigenvalue weighted by atomic mass is 9.91. The molecule has 2 atom stereocenters. The molecule has 0 amide bonds. The van der Waals surface area contributed by atoms with Gasteiger partial charge in [-0.2, -0.15) is 5.10 Å². The van der Waals surface area contributed by atoms with Crippen molar-refractivity contribution < 1.29 is 4.74 Å². The summed E-state index contributed by atoms with van der Waals surface area (Å²) in [6, 6.07) is 2.37. The molecule has 3 nitrogen and oxygen atoms in total. The number of hydrogen-bond donors (Lipinski definition) is 0. The van der Waals surface area contributed by atoms with Crippen LogP contribution in [0, 0.1) is 5.92 Å². The summed E-state index contributed by atoms with van der Waals surface area (Å²) in [5.74, 6) is 0.668. The van der Waals surface area contributed by atoms with Gasteiger partial charge in [-0.25, -0.2) is 0 Å². The second-order valence-electron chi connectivity index (χ2n) is 4.67. The van der Waals surface area contributed by atoms with Crippen molar-refractivity contribution in [2.75, 3.05) is 13.7 Å². The fourth-order valence-corrected chi connectivity index (χ4v) is 2.40. The summed E-state index contributed by atoms with van der Waals surface area (Å²) < 4.78 is 7.42. The minimum absolute atomic E-state index is 0.386. The molecule has 17 heavy (non-hydrogen) atoms. The van der Waals surface area contributed by atoms with Crippen LogP contribution >= 0.6 is 0 Å². The van der Waals surface area contributed by atoms with Crippen molar-refractivity contribution in [3.63, 3.8) is 0 Å². The second kappa shape index (κ2) is 8.29. The van der Waals surface area contributed by atoms with E-state index in [1.165, 1.54) is 32.1 Å². The Labute approximate surface area is 105 Å². The van der Waals surface area contributed by atoms with Crippen LogP contribution in [-0.2, 0) is 4.74 Å². The summed E-state index contributed by atoms with van der Waals surface area (Å²) in [6.45, 7) is 5.27. The maximum Gasteiger partial charge on any atom is 0.0780 e.